The summed E-state index contributed by atoms with van der Waals surface area (Å²) in [4.78, 5) is 0. The maximum atomic E-state index is 13.2. The van der Waals surface area contributed by atoms with Crippen molar-refractivity contribution in [3.63, 3.8) is 0 Å². The van der Waals surface area contributed by atoms with Crippen molar-refractivity contribution in [3.05, 3.63) is 29.6 Å². The molecule has 1 aromatic rings. The van der Waals surface area contributed by atoms with Crippen molar-refractivity contribution in [2.75, 3.05) is 20.8 Å². The van der Waals surface area contributed by atoms with E-state index in [1.54, 1.807) is 12.1 Å². The molecule has 3 nitrogen and oxygen atoms in total. The summed E-state index contributed by atoms with van der Waals surface area (Å²) in [5.74, 6) is -0.166. The summed E-state index contributed by atoms with van der Waals surface area (Å²) < 4.78 is 28.3. The van der Waals surface area contributed by atoms with E-state index in [2.05, 4.69) is 0 Å². The van der Waals surface area contributed by atoms with Gasteiger partial charge >= 0.3 is 0 Å². The standard InChI is InChI=1S/C11H15FO3/c1-8-4-5-9(12)10(6-8)15-7-11(13-2)14-3/h4-6,11H,7H2,1-3H3. The first-order valence-electron chi connectivity index (χ1n) is 4.62. The van der Waals surface area contributed by atoms with Crippen LogP contribution >= 0.6 is 0 Å². The number of aryl methyl sites for hydroxylation is 1. The first kappa shape index (κ1) is 11.9. The van der Waals surface area contributed by atoms with Crippen molar-refractivity contribution in [2.24, 2.45) is 0 Å². The monoisotopic (exact) mass is 214 g/mol. The average molecular weight is 214 g/mol. The first-order valence-corrected chi connectivity index (χ1v) is 4.62. The summed E-state index contributed by atoms with van der Waals surface area (Å²) in [5, 5.41) is 0. The van der Waals surface area contributed by atoms with E-state index in [0.29, 0.717) is 0 Å². The predicted octanol–water partition coefficient (Wildman–Crippen LogP) is 2.13. The summed E-state index contributed by atoms with van der Waals surface area (Å²) >= 11 is 0. The van der Waals surface area contributed by atoms with Gasteiger partial charge in [-0.2, -0.15) is 0 Å². The normalized spacial score (nSPS) is 10.7. The largest absolute Gasteiger partial charge is 0.485 e. The van der Waals surface area contributed by atoms with Crippen molar-refractivity contribution in [3.8, 4) is 5.75 Å². The van der Waals surface area contributed by atoms with E-state index >= 15 is 0 Å². The first-order chi connectivity index (χ1) is 7.17. The zero-order valence-corrected chi connectivity index (χ0v) is 9.12. The Balaban J connectivity index is 2.60. The van der Waals surface area contributed by atoms with Crippen LogP contribution in [-0.4, -0.2) is 27.1 Å². The van der Waals surface area contributed by atoms with Crippen LogP contribution < -0.4 is 4.74 Å². The van der Waals surface area contributed by atoms with E-state index in [4.69, 9.17) is 14.2 Å². The molecule has 0 aliphatic rings. The Morgan fingerprint density at radius 1 is 1.27 bits per heavy atom. The van der Waals surface area contributed by atoms with Gasteiger partial charge in [0.2, 0.25) is 0 Å². The summed E-state index contributed by atoms with van der Waals surface area (Å²) in [7, 11) is 3.01. The molecule has 0 heterocycles. The lowest BCUT2D eigenvalue weighted by atomic mass is 10.2. The van der Waals surface area contributed by atoms with E-state index in [1.165, 1.54) is 20.3 Å². The molecule has 0 atom stereocenters. The molecule has 0 bridgehead atoms. The second-order valence-corrected chi connectivity index (χ2v) is 3.15. The Labute approximate surface area is 88.8 Å². The lowest BCUT2D eigenvalue weighted by Crippen LogP contribution is -2.22. The van der Waals surface area contributed by atoms with Gasteiger partial charge in [0.05, 0.1) is 0 Å². The fourth-order valence-electron chi connectivity index (χ4n) is 1.11. The van der Waals surface area contributed by atoms with Crippen LogP contribution in [0.15, 0.2) is 18.2 Å². The van der Waals surface area contributed by atoms with Gasteiger partial charge < -0.3 is 14.2 Å². The third-order valence-corrected chi connectivity index (χ3v) is 1.99. The molecule has 1 aromatic carbocycles. The molecule has 0 unspecified atom stereocenters. The molecule has 0 aromatic heterocycles. The molecule has 0 saturated heterocycles. The third-order valence-electron chi connectivity index (χ3n) is 1.99. The maximum Gasteiger partial charge on any atom is 0.191 e. The molecule has 0 fully saturated rings. The number of hydrogen-bond acceptors (Lipinski definition) is 3. The van der Waals surface area contributed by atoms with Gasteiger partial charge in [0, 0.05) is 14.2 Å². The van der Waals surface area contributed by atoms with Gasteiger partial charge in [-0.05, 0) is 24.6 Å². The highest BCUT2D eigenvalue weighted by Crippen LogP contribution is 2.18. The van der Waals surface area contributed by atoms with Crippen LogP contribution in [0.2, 0.25) is 0 Å². The highest BCUT2D eigenvalue weighted by atomic mass is 19.1. The molecule has 0 amide bonds. The van der Waals surface area contributed by atoms with Crippen molar-refractivity contribution in [2.45, 2.75) is 13.2 Å². The van der Waals surface area contributed by atoms with Crippen molar-refractivity contribution in [1.82, 2.24) is 0 Å². The molecule has 4 heteroatoms. The Kier molecular flexibility index (Phi) is 4.52. The summed E-state index contributed by atoms with van der Waals surface area (Å²) in [6.07, 6.45) is -0.482. The van der Waals surface area contributed by atoms with Gasteiger partial charge in [0.15, 0.2) is 17.9 Å². The minimum atomic E-state index is -0.482. The fraction of sp³-hybridized carbons (Fsp3) is 0.455. The second-order valence-electron chi connectivity index (χ2n) is 3.15. The zero-order chi connectivity index (χ0) is 11.3. The minimum Gasteiger partial charge on any atom is -0.485 e. The van der Waals surface area contributed by atoms with Gasteiger partial charge in [-0.3, -0.25) is 0 Å². The highest BCUT2D eigenvalue weighted by Gasteiger charge is 2.08. The van der Waals surface area contributed by atoms with Gasteiger partial charge in [0.1, 0.15) is 6.61 Å². The van der Waals surface area contributed by atoms with Crippen LogP contribution in [0.1, 0.15) is 5.56 Å². The Morgan fingerprint density at radius 2 is 1.93 bits per heavy atom. The highest BCUT2D eigenvalue weighted by molar-refractivity contribution is 5.29. The molecule has 15 heavy (non-hydrogen) atoms. The van der Waals surface area contributed by atoms with Crippen molar-refractivity contribution < 1.29 is 18.6 Å². The topological polar surface area (TPSA) is 27.7 Å². The van der Waals surface area contributed by atoms with Gasteiger partial charge in [0.25, 0.3) is 0 Å². The zero-order valence-electron chi connectivity index (χ0n) is 9.12. The maximum absolute atomic E-state index is 13.2. The molecule has 0 spiro atoms. The predicted molar refractivity (Wildman–Crippen MR) is 54.4 cm³/mol. The number of hydrogen-bond donors (Lipinski definition) is 0. The smallest absolute Gasteiger partial charge is 0.191 e. The summed E-state index contributed by atoms with van der Waals surface area (Å²) in [6.45, 7) is 2.03. The van der Waals surface area contributed by atoms with E-state index in [9.17, 15) is 4.39 Å². The van der Waals surface area contributed by atoms with Crippen LogP contribution in [0, 0.1) is 12.7 Å². The Bertz CT molecular complexity index is 311. The molecule has 1 rings (SSSR count). The van der Waals surface area contributed by atoms with Crippen LogP contribution in [0.4, 0.5) is 4.39 Å². The molecular formula is C11H15FO3. The number of ether oxygens (including phenoxy) is 3. The minimum absolute atomic E-state index is 0.160. The van der Waals surface area contributed by atoms with Gasteiger partial charge in [-0.1, -0.05) is 6.07 Å². The molecule has 0 N–H and O–H groups in total. The van der Waals surface area contributed by atoms with Gasteiger partial charge in [-0.25, -0.2) is 4.39 Å². The Hall–Kier alpha value is -1.13. The lowest BCUT2D eigenvalue weighted by molar-refractivity contribution is -0.122. The Morgan fingerprint density at radius 3 is 2.53 bits per heavy atom. The molecule has 0 aliphatic carbocycles. The fourth-order valence-corrected chi connectivity index (χ4v) is 1.11. The van der Waals surface area contributed by atoms with Crippen molar-refractivity contribution in [1.29, 1.82) is 0 Å². The van der Waals surface area contributed by atoms with Crippen LogP contribution in [0.5, 0.6) is 5.75 Å². The molecule has 0 radical (unpaired) electrons. The van der Waals surface area contributed by atoms with Crippen LogP contribution in [-0.2, 0) is 9.47 Å². The molecule has 0 aliphatic heterocycles. The quantitative estimate of drug-likeness (QED) is 0.703. The molecular weight excluding hydrogens is 199 g/mol. The number of benzene rings is 1. The van der Waals surface area contributed by atoms with E-state index in [0.717, 1.165) is 5.56 Å². The number of halogens is 1. The average Bonchev–Trinajstić information content (AvgIpc) is 2.24. The van der Waals surface area contributed by atoms with E-state index in [-0.39, 0.29) is 18.2 Å². The summed E-state index contributed by atoms with van der Waals surface area (Å²) in [6, 6.07) is 4.70. The summed E-state index contributed by atoms with van der Waals surface area (Å²) in [5.41, 5.74) is 0.942. The van der Waals surface area contributed by atoms with E-state index < -0.39 is 6.29 Å². The molecule has 84 valence electrons. The third kappa shape index (κ3) is 3.49. The molecule has 0 saturated carbocycles. The SMILES string of the molecule is COC(COc1cc(C)ccc1F)OC. The number of rotatable bonds is 5. The lowest BCUT2D eigenvalue weighted by Gasteiger charge is -2.14. The van der Waals surface area contributed by atoms with Crippen LogP contribution in [0.3, 0.4) is 0 Å². The van der Waals surface area contributed by atoms with Crippen LogP contribution in [0.25, 0.3) is 0 Å². The second kappa shape index (κ2) is 5.68. The number of methoxy groups -OCH3 is 2. The van der Waals surface area contributed by atoms with Gasteiger partial charge in [-0.15, -0.1) is 0 Å². The van der Waals surface area contributed by atoms with E-state index in [1.807, 2.05) is 6.92 Å². The van der Waals surface area contributed by atoms with Crippen molar-refractivity contribution >= 4 is 0 Å².